The van der Waals surface area contributed by atoms with E-state index in [0.29, 0.717) is 5.82 Å². The third kappa shape index (κ3) is 3.06. The molecule has 1 aromatic heterocycles. The van der Waals surface area contributed by atoms with Gasteiger partial charge in [-0.05, 0) is 31.8 Å². The van der Waals surface area contributed by atoms with E-state index in [-0.39, 0.29) is 5.56 Å². The molecular formula is C10H16N4O. The minimum absolute atomic E-state index is 0.116. The molecular weight excluding hydrogens is 192 g/mol. The number of aromatic nitrogens is 2. The highest BCUT2D eigenvalue weighted by atomic mass is 16.1. The van der Waals surface area contributed by atoms with Crippen molar-refractivity contribution < 1.29 is 0 Å². The average molecular weight is 208 g/mol. The molecule has 0 bridgehead atoms. The molecule has 0 aromatic carbocycles. The van der Waals surface area contributed by atoms with Crippen LogP contribution in [0.5, 0.6) is 0 Å². The van der Waals surface area contributed by atoms with Gasteiger partial charge in [-0.1, -0.05) is 0 Å². The van der Waals surface area contributed by atoms with E-state index in [1.54, 1.807) is 0 Å². The van der Waals surface area contributed by atoms with E-state index in [9.17, 15) is 4.79 Å². The Kier molecular flexibility index (Phi) is 3.34. The number of rotatable bonds is 4. The standard InChI is InChI=1S/C10H16N4O/c15-10-5-9(13-7-14-10)12-4-2-8-1-3-11-6-8/h5,7-8,11H,1-4,6H2,(H2,12,13,14,15). The first-order chi connectivity index (χ1) is 7.34. The Balaban J connectivity index is 1.75. The van der Waals surface area contributed by atoms with Gasteiger partial charge in [-0.3, -0.25) is 4.79 Å². The molecule has 1 aliphatic rings. The van der Waals surface area contributed by atoms with E-state index in [4.69, 9.17) is 0 Å². The van der Waals surface area contributed by atoms with Crippen LogP contribution in [0.15, 0.2) is 17.2 Å². The second kappa shape index (κ2) is 4.93. The van der Waals surface area contributed by atoms with Crippen LogP contribution in [0.2, 0.25) is 0 Å². The molecule has 1 fully saturated rings. The summed E-state index contributed by atoms with van der Waals surface area (Å²) in [5, 5.41) is 6.49. The Labute approximate surface area is 88.3 Å². The molecule has 0 amide bonds. The van der Waals surface area contributed by atoms with Crippen molar-refractivity contribution in [3.63, 3.8) is 0 Å². The number of nitrogens with zero attached hydrogens (tertiary/aromatic N) is 1. The summed E-state index contributed by atoms with van der Waals surface area (Å²) in [6, 6.07) is 1.48. The van der Waals surface area contributed by atoms with Crippen molar-refractivity contribution in [2.75, 3.05) is 25.0 Å². The van der Waals surface area contributed by atoms with E-state index >= 15 is 0 Å². The van der Waals surface area contributed by atoms with E-state index < -0.39 is 0 Å². The fourth-order valence-electron chi connectivity index (χ4n) is 1.83. The maximum Gasteiger partial charge on any atom is 0.252 e. The smallest absolute Gasteiger partial charge is 0.252 e. The van der Waals surface area contributed by atoms with Gasteiger partial charge in [0, 0.05) is 12.6 Å². The SMILES string of the molecule is O=c1cc(NCCC2CCNC2)nc[nH]1. The zero-order valence-corrected chi connectivity index (χ0v) is 8.62. The average Bonchev–Trinajstić information content (AvgIpc) is 2.71. The number of H-pyrrole nitrogens is 1. The van der Waals surface area contributed by atoms with Gasteiger partial charge in [0.25, 0.3) is 5.56 Å². The molecule has 5 heteroatoms. The maximum absolute atomic E-state index is 11.0. The van der Waals surface area contributed by atoms with E-state index in [1.807, 2.05) is 0 Å². The molecule has 0 saturated carbocycles. The summed E-state index contributed by atoms with van der Waals surface area (Å²) in [6.45, 7) is 3.13. The first-order valence-corrected chi connectivity index (χ1v) is 5.34. The van der Waals surface area contributed by atoms with E-state index in [2.05, 4.69) is 20.6 Å². The van der Waals surface area contributed by atoms with E-state index in [0.717, 1.165) is 32.0 Å². The molecule has 82 valence electrons. The molecule has 2 rings (SSSR count). The fourth-order valence-corrected chi connectivity index (χ4v) is 1.83. The maximum atomic E-state index is 11.0. The largest absolute Gasteiger partial charge is 0.370 e. The number of anilines is 1. The molecule has 1 atom stereocenters. The van der Waals surface area contributed by atoms with Crippen LogP contribution in [0.1, 0.15) is 12.8 Å². The van der Waals surface area contributed by atoms with Crippen molar-refractivity contribution in [3.05, 3.63) is 22.7 Å². The highest BCUT2D eigenvalue weighted by Crippen LogP contribution is 2.11. The monoisotopic (exact) mass is 208 g/mol. The minimum Gasteiger partial charge on any atom is -0.370 e. The second-order valence-electron chi connectivity index (χ2n) is 3.87. The molecule has 1 saturated heterocycles. The topological polar surface area (TPSA) is 69.8 Å². The molecule has 1 unspecified atom stereocenters. The molecule has 0 radical (unpaired) electrons. The molecule has 15 heavy (non-hydrogen) atoms. The zero-order chi connectivity index (χ0) is 10.5. The molecule has 5 nitrogen and oxygen atoms in total. The Morgan fingerprint density at radius 3 is 3.27 bits per heavy atom. The van der Waals surface area contributed by atoms with Crippen LogP contribution in [0, 0.1) is 5.92 Å². The van der Waals surface area contributed by atoms with Crippen LogP contribution < -0.4 is 16.2 Å². The van der Waals surface area contributed by atoms with Gasteiger partial charge in [0.2, 0.25) is 0 Å². The van der Waals surface area contributed by atoms with Crippen LogP contribution in [0.4, 0.5) is 5.82 Å². The lowest BCUT2D eigenvalue weighted by Crippen LogP contribution is -2.14. The Morgan fingerprint density at radius 2 is 2.53 bits per heavy atom. The van der Waals surface area contributed by atoms with Gasteiger partial charge < -0.3 is 15.6 Å². The van der Waals surface area contributed by atoms with Crippen LogP contribution in [0.25, 0.3) is 0 Å². The van der Waals surface area contributed by atoms with Crippen molar-refractivity contribution in [1.82, 2.24) is 15.3 Å². The van der Waals surface area contributed by atoms with Crippen LogP contribution in [-0.4, -0.2) is 29.6 Å². The van der Waals surface area contributed by atoms with Crippen molar-refractivity contribution in [1.29, 1.82) is 0 Å². The summed E-state index contributed by atoms with van der Waals surface area (Å²) in [5.74, 6) is 1.42. The molecule has 3 N–H and O–H groups in total. The molecule has 1 aromatic rings. The highest BCUT2D eigenvalue weighted by Gasteiger charge is 2.13. The summed E-state index contributed by atoms with van der Waals surface area (Å²) < 4.78 is 0. The van der Waals surface area contributed by atoms with Gasteiger partial charge in [-0.25, -0.2) is 4.98 Å². The normalized spacial score (nSPS) is 20.4. The van der Waals surface area contributed by atoms with Crippen LogP contribution in [0.3, 0.4) is 0 Å². The van der Waals surface area contributed by atoms with Gasteiger partial charge in [-0.2, -0.15) is 0 Å². The predicted octanol–water partition coefficient (Wildman–Crippen LogP) is 0.181. The first kappa shape index (κ1) is 10.2. The summed E-state index contributed by atoms with van der Waals surface area (Å²) in [6.07, 6.45) is 3.80. The number of nitrogens with one attached hydrogen (secondary N) is 3. The highest BCUT2D eigenvalue weighted by molar-refractivity contribution is 5.31. The Bertz CT molecular complexity index is 356. The van der Waals surface area contributed by atoms with Crippen molar-refractivity contribution in [2.24, 2.45) is 5.92 Å². The second-order valence-corrected chi connectivity index (χ2v) is 3.87. The number of hydrogen-bond acceptors (Lipinski definition) is 4. The van der Waals surface area contributed by atoms with E-state index in [1.165, 1.54) is 18.8 Å². The quantitative estimate of drug-likeness (QED) is 0.660. The lowest BCUT2D eigenvalue weighted by molar-refractivity contribution is 0.549. The van der Waals surface area contributed by atoms with Gasteiger partial charge in [0.15, 0.2) is 0 Å². The first-order valence-electron chi connectivity index (χ1n) is 5.34. The Hall–Kier alpha value is -1.36. The molecule has 1 aliphatic heterocycles. The third-order valence-electron chi connectivity index (χ3n) is 2.70. The van der Waals surface area contributed by atoms with Crippen molar-refractivity contribution in [2.45, 2.75) is 12.8 Å². The van der Waals surface area contributed by atoms with Crippen LogP contribution in [-0.2, 0) is 0 Å². The van der Waals surface area contributed by atoms with Gasteiger partial charge >= 0.3 is 0 Å². The summed E-state index contributed by atoms with van der Waals surface area (Å²) >= 11 is 0. The number of aromatic amines is 1. The third-order valence-corrected chi connectivity index (χ3v) is 2.70. The summed E-state index contributed by atoms with van der Waals surface area (Å²) in [7, 11) is 0. The number of hydrogen-bond donors (Lipinski definition) is 3. The van der Waals surface area contributed by atoms with Crippen molar-refractivity contribution >= 4 is 5.82 Å². The van der Waals surface area contributed by atoms with Gasteiger partial charge in [0.05, 0.1) is 6.33 Å². The van der Waals surface area contributed by atoms with Crippen LogP contribution >= 0.6 is 0 Å². The zero-order valence-electron chi connectivity index (χ0n) is 8.62. The fraction of sp³-hybridized carbons (Fsp3) is 0.600. The van der Waals surface area contributed by atoms with Gasteiger partial charge in [-0.15, -0.1) is 0 Å². The lowest BCUT2D eigenvalue weighted by Gasteiger charge is -2.08. The molecule has 0 spiro atoms. The van der Waals surface area contributed by atoms with Crippen molar-refractivity contribution in [3.8, 4) is 0 Å². The Morgan fingerprint density at radius 1 is 1.60 bits per heavy atom. The summed E-state index contributed by atoms with van der Waals surface area (Å²) in [4.78, 5) is 17.5. The van der Waals surface area contributed by atoms with Gasteiger partial charge in [0.1, 0.15) is 5.82 Å². The molecule has 0 aliphatic carbocycles. The lowest BCUT2D eigenvalue weighted by atomic mass is 10.1. The minimum atomic E-state index is -0.116. The summed E-state index contributed by atoms with van der Waals surface area (Å²) in [5.41, 5.74) is -0.116. The predicted molar refractivity (Wildman–Crippen MR) is 58.9 cm³/mol. The molecule has 2 heterocycles.